The summed E-state index contributed by atoms with van der Waals surface area (Å²) in [7, 11) is 0. The number of aromatic nitrogens is 1. The van der Waals surface area contributed by atoms with Crippen LogP contribution >= 0.6 is 0 Å². The van der Waals surface area contributed by atoms with Crippen molar-refractivity contribution >= 4 is 0 Å². The van der Waals surface area contributed by atoms with Gasteiger partial charge in [-0.3, -0.25) is 4.98 Å². The Balaban J connectivity index is 2.13. The number of pyridine rings is 1. The first-order valence-corrected chi connectivity index (χ1v) is 6.82. The van der Waals surface area contributed by atoms with Crippen molar-refractivity contribution in [2.75, 3.05) is 26.3 Å². The molecule has 0 aromatic carbocycles. The zero-order valence-corrected chi connectivity index (χ0v) is 11.9. The summed E-state index contributed by atoms with van der Waals surface area (Å²) in [5.74, 6) is 0. The van der Waals surface area contributed by atoms with E-state index in [0.29, 0.717) is 0 Å². The second kappa shape index (κ2) is 8.22. The minimum Gasteiger partial charge on any atom is -0.380 e. The average Bonchev–Trinajstić information content (AvgIpc) is 2.36. The van der Waals surface area contributed by atoms with Gasteiger partial charge in [-0.15, -0.1) is 0 Å². The minimum atomic E-state index is 0.194. The van der Waals surface area contributed by atoms with E-state index in [0.717, 1.165) is 38.4 Å². The van der Waals surface area contributed by atoms with Gasteiger partial charge in [0.25, 0.3) is 0 Å². The number of rotatable bonds is 9. The van der Waals surface area contributed by atoms with Crippen LogP contribution < -0.4 is 5.32 Å². The maximum Gasteiger partial charge on any atom is 0.0529 e. The summed E-state index contributed by atoms with van der Waals surface area (Å²) in [6.07, 6.45) is 3.89. The summed E-state index contributed by atoms with van der Waals surface area (Å²) in [6.45, 7) is 10.3. The number of ether oxygens (including phenoxy) is 1. The van der Waals surface area contributed by atoms with Gasteiger partial charge in [0, 0.05) is 30.3 Å². The molecule has 1 aromatic rings. The van der Waals surface area contributed by atoms with Crippen LogP contribution in [-0.2, 0) is 11.2 Å². The quantitative estimate of drug-likeness (QED) is 0.684. The summed E-state index contributed by atoms with van der Waals surface area (Å²) in [5, 5.41) is 3.44. The van der Waals surface area contributed by atoms with Crippen LogP contribution in [0, 0.1) is 5.41 Å². The van der Waals surface area contributed by atoms with Crippen LogP contribution in [0.15, 0.2) is 24.4 Å². The first-order valence-electron chi connectivity index (χ1n) is 6.82. The molecule has 0 bridgehead atoms. The molecule has 0 unspecified atom stereocenters. The molecular weight excluding hydrogens is 224 g/mol. The highest BCUT2D eigenvalue weighted by Crippen LogP contribution is 2.14. The molecule has 0 spiro atoms. The number of nitrogens with one attached hydrogen (secondary N) is 1. The summed E-state index contributed by atoms with van der Waals surface area (Å²) in [5.41, 5.74) is 1.29. The molecule has 0 aliphatic carbocycles. The average molecular weight is 250 g/mol. The molecule has 1 N–H and O–H groups in total. The lowest BCUT2D eigenvalue weighted by atomic mass is 9.95. The summed E-state index contributed by atoms with van der Waals surface area (Å²) in [6, 6.07) is 5.99. The van der Waals surface area contributed by atoms with E-state index in [1.165, 1.54) is 6.42 Å². The van der Waals surface area contributed by atoms with E-state index < -0.39 is 0 Å². The fourth-order valence-corrected chi connectivity index (χ4v) is 1.73. The molecule has 3 nitrogen and oxygen atoms in total. The SMILES string of the molecule is CCCNCC(C)(C)COCCc1ccccn1. The number of nitrogens with zero attached hydrogens (tertiary/aromatic N) is 1. The molecule has 3 heteroatoms. The summed E-state index contributed by atoms with van der Waals surface area (Å²) in [4.78, 5) is 4.28. The molecule has 0 saturated carbocycles. The Bertz CT molecular complexity index is 312. The van der Waals surface area contributed by atoms with Crippen LogP contribution in [0.1, 0.15) is 32.9 Å². The van der Waals surface area contributed by atoms with Crippen molar-refractivity contribution in [2.24, 2.45) is 5.41 Å². The summed E-state index contributed by atoms with van der Waals surface area (Å²) < 4.78 is 5.75. The Kier molecular flexibility index (Phi) is 6.91. The molecule has 1 aromatic heterocycles. The van der Waals surface area contributed by atoms with Crippen LogP contribution in [0.2, 0.25) is 0 Å². The first-order chi connectivity index (χ1) is 8.64. The van der Waals surface area contributed by atoms with Crippen molar-refractivity contribution in [3.05, 3.63) is 30.1 Å². The first kappa shape index (κ1) is 15.1. The van der Waals surface area contributed by atoms with Gasteiger partial charge in [-0.05, 0) is 25.1 Å². The predicted octanol–water partition coefficient (Wildman–Crippen LogP) is 2.67. The Hall–Kier alpha value is -0.930. The van der Waals surface area contributed by atoms with Gasteiger partial charge in [-0.2, -0.15) is 0 Å². The van der Waals surface area contributed by atoms with Crippen LogP contribution in [0.25, 0.3) is 0 Å². The van der Waals surface area contributed by atoms with Crippen molar-refractivity contribution < 1.29 is 4.74 Å². The second-order valence-corrected chi connectivity index (χ2v) is 5.46. The molecule has 0 fully saturated rings. The highest BCUT2D eigenvalue weighted by molar-refractivity contribution is 5.03. The van der Waals surface area contributed by atoms with Gasteiger partial charge in [0.05, 0.1) is 13.2 Å². The Morgan fingerprint density at radius 1 is 1.33 bits per heavy atom. The molecule has 0 atom stereocenters. The topological polar surface area (TPSA) is 34.1 Å². The van der Waals surface area contributed by atoms with E-state index in [1.54, 1.807) is 0 Å². The van der Waals surface area contributed by atoms with Crippen molar-refractivity contribution in [3.8, 4) is 0 Å². The zero-order valence-electron chi connectivity index (χ0n) is 11.9. The van der Waals surface area contributed by atoms with Gasteiger partial charge >= 0.3 is 0 Å². The van der Waals surface area contributed by atoms with Gasteiger partial charge < -0.3 is 10.1 Å². The lowest BCUT2D eigenvalue weighted by Gasteiger charge is -2.24. The van der Waals surface area contributed by atoms with E-state index in [1.807, 2.05) is 24.4 Å². The van der Waals surface area contributed by atoms with E-state index in [9.17, 15) is 0 Å². The fourth-order valence-electron chi connectivity index (χ4n) is 1.73. The lowest BCUT2D eigenvalue weighted by molar-refractivity contribution is 0.0637. The van der Waals surface area contributed by atoms with Crippen molar-refractivity contribution in [2.45, 2.75) is 33.6 Å². The molecule has 0 radical (unpaired) electrons. The van der Waals surface area contributed by atoms with E-state index in [4.69, 9.17) is 4.74 Å². The van der Waals surface area contributed by atoms with Gasteiger partial charge in [-0.25, -0.2) is 0 Å². The molecule has 0 saturated heterocycles. The predicted molar refractivity (Wildman–Crippen MR) is 75.7 cm³/mol. The molecule has 1 heterocycles. The molecule has 1 rings (SSSR count). The Labute approximate surface area is 111 Å². The molecule has 18 heavy (non-hydrogen) atoms. The normalized spacial score (nSPS) is 11.7. The van der Waals surface area contributed by atoms with Crippen molar-refractivity contribution in [1.82, 2.24) is 10.3 Å². The van der Waals surface area contributed by atoms with Gasteiger partial charge in [0.15, 0.2) is 0 Å². The van der Waals surface area contributed by atoms with Crippen LogP contribution in [0.3, 0.4) is 0 Å². The fraction of sp³-hybridized carbons (Fsp3) is 0.667. The Morgan fingerprint density at radius 3 is 2.83 bits per heavy atom. The second-order valence-electron chi connectivity index (χ2n) is 5.46. The van der Waals surface area contributed by atoms with Crippen LogP contribution in [-0.4, -0.2) is 31.3 Å². The summed E-state index contributed by atoms with van der Waals surface area (Å²) >= 11 is 0. The third-order valence-corrected chi connectivity index (χ3v) is 2.75. The smallest absolute Gasteiger partial charge is 0.0529 e. The van der Waals surface area contributed by atoms with Crippen LogP contribution in [0.5, 0.6) is 0 Å². The maximum atomic E-state index is 5.75. The molecular formula is C15H26N2O. The Morgan fingerprint density at radius 2 is 2.17 bits per heavy atom. The van der Waals surface area contributed by atoms with Crippen molar-refractivity contribution in [1.29, 1.82) is 0 Å². The third kappa shape index (κ3) is 6.72. The van der Waals surface area contributed by atoms with Gasteiger partial charge in [0.2, 0.25) is 0 Å². The van der Waals surface area contributed by atoms with Crippen molar-refractivity contribution in [3.63, 3.8) is 0 Å². The highest BCUT2D eigenvalue weighted by atomic mass is 16.5. The number of hydrogen-bond acceptors (Lipinski definition) is 3. The largest absolute Gasteiger partial charge is 0.380 e. The molecule has 0 amide bonds. The molecule has 0 aliphatic heterocycles. The molecule has 102 valence electrons. The highest BCUT2D eigenvalue weighted by Gasteiger charge is 2.17. The van der Waals surface area contributed by atoms with E-state index in [-0.39, 0.29) is 5.41 Å². The van der Waals surface area contributed by atoms with Crippen LogP contribution in [0.4, 0.5) is 0 Å². The standard InChI is InChI=1S/C15H26N2O/c1-4-9-16-12-15(2,3)13-18-11-8-14-7-5-6-10-17-14/h5-7,10,16H,4,8-9,11-13H2,1-3H3. The number of hydrogen-bond donors (Lipinski definition) is 1. The zero-order chi connectivity index (χ0) is 13.3. The third-order valence-electron chi connectivity index (χ3n) is 2.75. The van der Waals surface area contributed by atoms with Gasteiger partial charge in [-0.1, -0.05) is 26.8 Å². The van der Waals surface area contributed by atoms with Gasteiger partial charge in [0.1, 0.15) is 0 Å². The lowest BCUT2D eigenvalue weighted by Crippen LogP contribution is -2.33. The minimum absolute atomic E-state index is 0.194. The monoisotopic (exact) mass is 250 g/mol. The molecule has 0 aliphatic rings. The van der Waals surface area contributed by atoms with E-state index in [2.05, 4.69) is 31.1 Å². The van der Waals surface area contributed by atoms with E-state index >= 15 is 0 Å². The maximum absolute atomic E-state index is 5.75.